The molecule has 36 heavy (non-hydrogen) atoms. The van der Waals surface area contributed by atoms with E-state index in [-0.39, 0.29) is 5.91 Å². The number of benzene rings is 3. The van der Waals surface area contributed by atoms with Gasteiger partial charge in [-0.05, 0) is 58.5 Å². The predicted molar refractivity (Wildman–Crippen MR) is 147 cm³/mol. The number of carbonyl (C=O) groups is 1. The molecule has 6 nitrogen and oxygen atoms in total. The van der Waals surface area contributed by atoms with Crippen LogP contribution in [-0.4, -0.2) is 42.8 Å². The lowest BCUT2D eigenvalue weighted by Crippen LogP contribution is -2.21. The van der Waals surface area contributed by atoms with Gasteiger partial charge in [-0.2, -0.15) is 5.10 Å². The van der Waals surface area contributed by atoms with Crippen molar-refractivity contribution >= 4 is 28.0 Å². The predicted octanol–water partition coefficient (Wildman–Crippen LogP) is 5.20. The Hall–Kier alpha value is -4.16. The van der Waals surface area contributed by atoms with Crippen molar-refractivity contribution in [2.24, 2.45) is 0 Å². The number of allylic oxidation sites excluding steroid dienone is 1. The normalized spacial score (nSPS) is 12.1. The zero-order chi connectivity index (χ0) is 25.2. The van der Waals surface area contributed by atoms with Crippen molar-refractivity contribution in [3.05, 3.63) is 108 Å². The summed E-state index contributed by atoms with van der Waals surface area (Å²) < 4.78 is 5.92. The fourth-order valence-corrected chi connectivity index (χ4v) is 4.17. The van der Waals surface area contributed by atoms with Gasteiger partial charge in [-0.15, -0.1) is 0 Å². The van der Waals surface area contributed by atoms with Crippen LogP contribution in [-0.2, 0) is 4.79 Å². The molecule has 0 aliphatic heterocycles. The number of nitrogens with zero attached hydrogens (tertiary/aromatic N) is 1. The van der Waals surface area contributed by atoms with Gasteiger partial charge in [0.05, 0.1) is 11.7 Å². The number of hydrogen-bond donors (Lipinski definition) is 3. The second kappa shape index (κ2) is 12.5. The molecule has 0 saturated heterocycles. The van der Waals surface area contributed by atoms with Gasteiger partial charge in [0.2, 0.25) is 5.91 Å². The number of rotatable bonds is 11. The van der Waals surface area contributed by atoms with Crippen LogP contribution in [0.25, 0.3) is 22.0 Å². The number of H-pyrrole nitrogens is 1. The minimum absolute atomic E-state index is 0.107. The Kier molecular flexibility index (Phi) is 8.67. The molecule has 0 atom stereocenters. The number of nitrogens with one attached hydrogen (secondary N) is 3. The van der Waals surface area contributed by atoms with Crippen LogP contribution in [0.3, 0.4) is 0 Å². The van der Waals surface area contributed by atoms with Gasteiger partial charge >= 0.3 is 0 Å². The first-order valence-electron chi connectivity index (χ1n) is 12.2. The van der Waals surface area contributed by atoms with Gasteiger partial charge in [0.25, 0.3) is 0 Å². The second-order valence-corrected chi connectivity index (χ2v) is 8.34. The number of likely N-dealkylation sites (N-methyl/N-ethyl adjacent to an activating group) is 1. The van der Waals surface area contributed by atoms with Gasteiger partial charge in [0, 0.05) is 31.6 Å². The van der Waals surface area contributed by atoms with Crippen molar-refractivity contribution in [1.29, 1.82) is 0 Å². The number of hydrogen-bond acceptors (Lipinski definition) is 4. The summed E-state index contributed by atoms with van der Waals surface area (Å²) in [7, 11) is 1.61. The standard InChI is InChI=1S/C30H32N4O2/c1-3-27(22-8-5-4-6-9-22)30(24-13-16-28-25(20-24)21-33-34-28)23-11-14-26(15-12-23)36-19-18-32-17-7-10-29(35)31-2/h4-16,20-21,32H,3,17-19H2,1-2H3,(H,31,35)(H,33,34)/b10-7+,30-27+. The van der Waals surface area contributed by atoms with Crippen LogP contribution in [0.2, 0.25) is 0 Å². The summed E-state index contributed by atoms with van der Waals surface area (Å²) in [6.07, 6.45) is 6.08. The highest BCUT2D eigenvalue weighted by molar-refractivity contribution is 6.00. The van der Waals surface area contributed by atoms with Crippen LogP contribution >= 0.6 is 0 Å². The van der Waals surface area contributed by atoms with Crippen LogP contribution < -0.4 is 15.4 Å². The monoisotopic (exact) mass is 480 g/mol. The second-order valence-electron chi connectivity index (χ2n) is 8.34. The number of fused-ring (bicyclic) bond motifs is 1. The summed E-state index contributed by atoms with van der Waals surface area (Å²) >= 11 is 0. The van der Waals surface area contributed by atoms with Crippen molar-refractivity contribution in [1.82, 2.24) is 20.8 Å². The highest BCUT2D eigenvalue weighted by Crippen LogP contribution is 2.36. The fraction of sp³-hybridized carbons (Fsp3) is 0.200. The van der Waals surface area contributed by atoms with Crippen LogP contribution in [0.1, 0.15) is 30.0 Å². The van der Waals surface area contributed by atoms with Gasteiger partial charge < -0.3 is 15.4 Å². The largest absolute Gasteiger partial charge is 0.492 e. The van der Waals surface area contributed by atoms with E-state index in [0.717, 1.165) is 34.2 Å². The van der Waals surface area contributed by atoms with Gasteiger partial charge in [0.15, 0.2) is 0 Å². The molecule has 3 aromatic carbocycles. The maximum atomic E-state index is 11.2. The van der Waals surface area contributed by atoms with Gasteiger partial charge in [-0.25, -0.2) is 0 Å². The minimum Gasteiger partial charge on any atom is -0.492 e. The summed E-state index contributed by atoms with van der Waals surface area (Å²) in [5.41, 5.74) is 7.05. The lowest BCUT2D eigenvalue weighted by Gasteiger charge is -2.17. The Balaban J connectivity index is 1.53. The summed E-state index contributed by atoms with van der Waals surface area (Å²) in [4.78, 5) is 11.2. The summed E-state index contributed by atoms with van der Waals surface area (Å²) in [5.74, 6) is 0.716. The first-order valence-corrected chi connectivity index (χ1v) is 12.2. The topological polar surface area (TPSA) is 79.0 Å². The Bertz CT molecular complexity index is 1340. The Labute approximate surface area is 212 Å². The van der Waals surface area contributed by atoms with Crippen LogP contribution in [0, 0.1) is 0 Å². The summed E-state index contributed by atoms with van der Waals surface area (Å²) in [5, 5.41) is 14.1. The Morgan fingerprint density at radius 3 is 2.53 bits per heavy atom. The quantitative estimate of drug-likeness (QED) is 0.157. The SMILES string of the molecule is CC/C(=C(/c1ccc(OCCNC/C=C/C(=O)NC)cc1)c1ccc2[nH]ncc2c1)c1ccccc1. The van der Waals surface area contributed by atoms with E-state index in [0.29, 0.717) is 19.7 Å². The Morgan fingerprint density at radius 2 is 1.78 bits per heavy atom. The van der Waals surface area contributed by atoms with Crippen molar-refractivity contribution < 1.29 is 9.53 Å². The molecule has 0 spiro atoms. The van der Waals surface area contributed by atoms with E-state index < -0.39 is 0 Å². The molecule has 0 bridgehead atoms. The first kappa shape index (κ1) is 24.9. The van der Waals surface area contributed by atoms with Gasteiger partial charge in [0.1, 0.15) is 12.4 Å². The zero-order valence-electron chi connectivity index (χ0n) is 20.8. The average Bonchev–Trinajstić information content (AvgIpc) is 3.40. The number of aromatic amines is 1. The first-order chi connectivity index (χ1) is 17.7. The van der Waals surface area contributed by atoms with Crippen molar-refractivity contribution in [3.63, 3.8) is 0 Å². The highest BCUT2D eigenvalue weighted by Gasteiger charge is 2.14. The van der Waals surface area contributed by atoms with Crippen LogP contribution in [0.4, 0.5) is 0 Å². The molecule has 0 saturated carbocycles. The third-order valence-electron chi connectivity index (χ3n) is 5.97. The maximum Gasteiger partial charge on any atom is 0.243 e. The summed E-state index contributed by atoms with van der Waals surface area (Å²) in [6.45, 7) is 4.04. The molecule has 184 valence electrons. The molecular formula is C30H32N4O2. The zero-order valence-corrected chi connectivity index (χ0v) is 20.8. The molecule has 1 aromatic heterocycles. The minimum atomic E-state index is -0.107. The molecule has 1 amide bonds. The van der Waals surface area contributed by atoms with E-state index in [4.69, 9.17) is 4.74 Å². The number of aromatic nitrogens is 2. The third kappa shape index (κ3) is 6.29. The van der Waals surface area contributed by atoms with Crippen molar-refractivity contribution in [2.75, 3.05) is 26.7 Å². The van der Waals surface area contributed by atoms with Crippen LogP contribution in [0.5, 0.6) is 5.75 Å². The molecule has 1 heterocycles. The summed E-state index contributed by atoms with van der Waals surface area (Å²) in [6, 6.07) is 25.3. The van der Waals surface area contributed by atoms with Crippen LogP contribution in [0.15, 0.2) is 91.1 Å². The lowest BCUT2D eigenvalue weighted by atomic mass is 9.88. The molecule has 0 fully saturated rings. The number of ether oxygens (including phenoxy) is 1. The number of amides is 1. The van der Waals surface area contributed by atoms with E-state index in [1.54, 1.807) is 13.1 Å². The van der Waals surface area contributed by atoms with E-state index in [2.05, 4.69) is 82.4 Å². The van der Waals surface area contributed by atoms with E-state index >= 15 is 0 Å². The third-order valence-corrected chi connectivity index (χ3v) is 5.97. The average molecular weight is 481 g/mol. The molecule has 4 rings (SSSR count). The Morgan fingerprint density at radius 1 is 1.00 bits per heavy atom. The molecular weight excluding hydrogens is 448 g/mol. The van der Waals surface area contributed by atoms with E-state index in [1.807, 2.05) is 24.4 Å². The molecule has 4 aromatic rings. The molecule has 0 radical (unpaired) electrons. The van der Waals surface area contributed by atoms with Gasteiger partial charge in [-0.1, -0.05) is 61.5 Å². The molecule has 0 aliphatic carbocycles. The molecule has 0 unspecified atom stereocenters. The maximum absolute atomic E-state index is 11.2. The van der Waals surface area contributed by atoms with Gasteiger partial charge in [-0.3, -0.25) is 9.89 Å². The van der Waals surface area contributed by atoms with E-state index in [1.165, 1.54) is 22.8 Å². The lowest BCUT2D eigenvalue weighted by molar-refractivity contribution is -0.116. The fourth-order valence-electron chi connectivity index (χ4n) is 4.17. The number of carbonyl (C=O) groups excluding carboxylic acids is 1. The van der Waals surface area contributed by atoms with Crippen molar-refractivity contribution in [2.45, 2.75) is 13.3 Å². The highest BCUT2D eigenvalue weighted by atomic mass is 16.5. The van der Waals surface area contributed by atoms with E-state index in [9.17, 15) is 4.79 Å². The molecule has 0 aliphatic rings. The van der Waals surface area contributed by atoms with Crippen molar-refractivity contribution in [3.8, 4) is 5.75 Å². The smallest absolute Gasteiger partial charge is 0.243 e. The molecule has 6 heteroatoms. The molecule has 3 N–H and O–H groups in total.